The van der Waals surface area contributed by atoms with Gasteiger partial charge in [0.05, 0.1) is 13.2 Å². The Hall–Kier alpha value is -0.670. The fraction of sp³-hybridized carbons (Fsp3) is 0.727. The first-order chi connectivity index (χ1) is 6.76. The Bertz CT molecular complexity index is 241. The predicted octanol–water partition coefficient (Wildman–Crippen LogP) is 1.67. The highest BCUT2D eigenvalue weighted by Crippen LogP contribution is 2.38. The van der Waals surface area contributed by atoms with E-state index in [1.807, 2.05) is 0 Å². The van der Waals surface area contributed by atoms with E-state index in [4.69, 9.17) is 9.47 Å². The van der Waals surface area contributed by atoms with E-state index >= 15 is 0 Å². The molecule has 1 unspecified atom stereocenters. The Kier molecular flexibility index (Phi) is 2.70. The number of Topliss-reactive ketones (excluding diaryl/α,β-unsaturated/α-hetero) is 1. The molecule has 0 aromatic rings. The minimum atomic E-state index is -0.443. The number of rotatable bonds is 2. The number of carbonyl (C=O) groups excluding carboxylic acids is 1. The Labute approximate surface area is 84.1 Å². The molecule has 3 heteroatoms. The highest BCUT2D eigenvalue weighted by atomic mass is 16.7. The van der Waals surface area contributed by atoms with E-state index in [1.54, 1.807) is 6.08 Å². The number of ketones is 1. The third-order valence-electron chi connectivity index (χ3n) is 3.03. The molecule has 0 N–H and O–H groups in total. The van der Waals surface area contributed by atoms with Crippen LogP contribution in [-0.4, -0.2) is 24.8 Å². The van der Waals surface area contributed by atoms with Crippen LogP contribution in [0.4, 0.5) is 0 Å². The summed E-state index contributed by atoms with van der Waals surface area (Å²) in [6.45, 7) is 4.99. The second-order valence-electron chi connectivity index (χ2n) is 4.00. The highest BCUT2D eigenvalue weighted by Gasteiger charge is 2.43. The zero-order chi connectivity index (χ0) is 10.0. The Morgan fingerprint density at radius 3 is 2.86 bits per heavy atom. The van der Waals surface area contributed by atoms with Gasteiger partial charge in [-0.05, 0) is 6.42 Å². The van der Waals surface area contributed by atoms with Gasteiger partial charge < -0.3 is 9.47 Å². The third kappa shape index (κ3) is 1.74. The van der Waals surface area contributed by atoms with Crippen LogP contribution >= 0.6 is 0 Å². The normalized spacial score (nSPS) is 30.9. The van der Waals surface area contributed by atoms with Gasteiger partial charge in [-0.15, -0.1) is 6.58 Å². The van der Waals surface area contributed by atoms with Crippen molar-refractivity contribution in [2.24, 2.45) is 5.92 Å². The summed E-state index contributed by atoms with van der Waals surface area (Å²) in [5.41, 5.74) is 0. The molecule has 78 valence electrons. The largest absolute Gasteiger partial charge is 0.347 e. The lowest BCUT2D eigenvalue weighted by atomic mass is 9.82. The van der Waals surface area contributed by atoms with Crippen LogP contribution in [0.3, 0.4) is 0 Å². The van der Waals surface area contributed by atoms with Crippen molar-refractivity contribution >= 4 is 5.78 Å². The number of hydrogen-bond acceptors (Lipinski definition) is 3. The van der Waals surface area contributed by atoms with Gasteiger partial charge in [0.1, 0.15) is 5.78 Å². The minimum absolute atomic E-state index is 0.0550. The van der Waals surface area contributed by atoms with E-state index in [0.29, 0.717) is 31.8 Å². The van der Waals surface area contributed by atoms with Gasteiger partial charge >= 0.3 is 0 Å². The molecule has 1 aliphatic heterocycles. The minimum Gasteiger partial charge on any atom is -0.347 e. The van der Waals surface area contributed by atoms with Crippen molar-refractivity contribution in [1.29, 1.82) is 0 Å². The van der Waals surface area contributed by atoms with Crippen LogP contribution in [0.1, 0.15) is 25.7 Å². The SMILES string of the molecule is C=CCC1CC2(CCC1=O)OCCO2. The van der Waals surface area contributed by atoms with E-state index < -0.39 is 5.79 Å². The summed E-state index contributed by atoms with van der Waals surface area (Å²) in [5, 5.41) is 0. The molecule has 1 spiro atoms. The molecular formula is C11H16O3. The molecule has 1 saturated heterocycles. The molecular weight excluding hydrogens is 180 g/mol. The summed E-state index contributed by atoms with van der Waals surface area (Å²) in [5.74, 6) is -0.0596. The van der Waals surface area contributed by atoms with Crippen LogP contribution in [0.2, 0.25) is 0 Å². The van der Waals surface area contributed by atoms with Gasteiger partial charge in [0, 0.05) is 25.2 Å². The molecule has 2 aliphatic rings. The molecule has 1 aliphatic carbocycles. The summed E-state index contributed by atoms with van der Waals surface area (Å²) >= 11 is 0. The van der Waals surface area contributed by atoms with Crippen molar-refractivity contribution in [3.05, 3.63) is 12.7 Å². The summed E-state index contributed by atoms with van der Waals surface area (Å²) in [6.07, 6.45) is 4.56. The zero-order valence-electron chi connectivity index (χ0n) is 8.33. The van der Waals surface area contributed by atoms with Crippen molar-refractivity contribution in [2.45, 2.75) is 31.5 Å². The van der Waals surface area contributed by atoms with E-state index in [-0.39, 0.29) is 5.92 Å². The Morgan fingerprint density at radius 2 is 2.21 bits per heavy atom. The summed E-state index contributed by atoms with van der Waals surface area (Å²) < 4.78 is 11.2. The van der Waals surface area contributed by atoms with Crippen LogP contribution in [0.25, 0.3) is 0 Å². The van der Waals surface area contributed by atoms with Gasteiger partial charge in [-0.25, -0.2) is 0 Å². The quantitative estimate of drug-likeness (QED) is 0.630. The Morgan fingerprint density at radius 1 is 1.50 bits per heavy atom. The summed E-state index contributed by atoms with van der Waals surface area (Å²) in [6, 6.07) is 0. The number of carbonyl (C=O) groups is 1. The topological polar surface area (TPSA) is 35.5 Å². The Balaban J connectivity index is 2.04. The maximum Gasteiger partial charge on any atom is 0.169 e. The van der Waals surface area contributed by atoms with E-state index in [9.17, 15) is 4.79 Å². The van der Waals surface area contributed by atoms with Gasteiger partial charge in [-0.3, -0.25) is 4.79 Å². The van der Waals surface area contributed by atoms with E-state index in [1.165, 1.54) is 0 Å². The van der Waals surface area contributed by atoms with Crippen molar-refractivity contribution in [2.75, 3.05) is 13.2 Å². The van der Waals surface area contributed by atoms with Crippen LogP contribution in [0.15, 0.2) is 12.7 Å². The van der Waals surface area contributed by atoms with Crippen LogP contribution < -0.4 is 0 Å². The van der Waals surface area contributed by atoms with Crippen LogP contribution in [-0.2, 0) is 14.3 Å². The standard InChI is InChI=1S/C11H16O3/c1-2-3-9-8-11(5-4-10(9)12)13-6-7-14-11/h2,9H,1,3-8H2. The smallest absolute Gasteiger partial charge is 0.169 e. The first-order valence-corrected chi connectivity index (χ1v) is 5.17. The first kappa shape index (κ1) is 9.87. The summed E-state index contributed by atoms with van der Waals surface area (Å²) in [4.78, 5) is 11.6. The average molecular weight is 196 g/mol. The molecule has 0 amide bonds. The van der Waals surface area contributed by atoms with Gasteiger partial charge in [-0.2, -0.15) is 0 Å². The molecule has 0 aromatic carbocycles. The van der Waals surface area contributed by atoms with Gasteiger partial charge in [0.15, 0.2) is 5.79 Å². The predicted molar refractivity (Wildman–Crippen MR) is 51.8 cm³/mol. The lowest BCUT2D eigenvalue weighted by Crippen LogP contribution is -2.40. The first-order valence-electron chi connectivity index (χ1n) is 5.17. The zero-order valence-corrected chi connectivity index (χ0v) is 8.33. The maximum absolute atomic E-state index is 11.6. The molecule has 2 rings (SSSR count). The number of allylic oxidation sites excluding steroid dienone is 1. The van der Waals surface area contributed by atoms with Crippen molar-refractivity contribution in [1.82, 2.24) is 0 Å². The van der Waals surface area contributed by atoms with Gasteiger partial charge in [-0.1, -0.05) is 6.08 Å². The average Bonchev–Trinajstić information content (AvgIpc) is 2.61. The molecule has 1 saturated carbocycles. The molecule has 14 heavy (non-hydrogen) atoms. The number of hydrogen-bond donors (Lipinski definition) is 0. The molecule has 3 nitrogen and oxygen atoms in total. The highest BCUT2D eigenvalue weighted by molar-refractivity contribution is 5.82. The maximum atomic E-state index is 11.6. The molecule has 0 radical (unpaired) electrons. The second-order valence-corrected chi connectivity index (χ2v) is 4.00. The monoisotopic (exact) mass is 196 g/mol. The lowest BCUT2D eigenvalue weighted by molar-refractivity contribution is -0.188. The fourth-order valence-corrected chi connectivity index (χ4v) is 2.28. The van der Waals surface area contributed by atoms with Crippen molar-refractivity contribution in [3.63, 3.8) is 0 Å². The fourth-order valence-electron chi connectivity index (χ4n) is 2.28. The molecule has 0 bridgehead atoms. The third-order valence-corrected chi connectivity index (χ3v) is 3.03. The molecule has 0 aromatic heterocycles. The second kappa shape index (κ2) is 3.83. The van der Waals surface area contributed by atoms with Crippen LogP contribution in [0, 0.1) is 5.92 Å². The van der Waals surface area contributed by atoms with Gasteiger partial charge in [0.25, 0.3) is 0 Å². The van der Waals surface area contributed by atoms with Gasteiger partial charge in [0.2, 0.25) is 0 Å². The number of ether oxygens (including phenoxy) is 2. The summed E-state index contributed by atoms with van der Waals surface area (Å²) in [7, 11) is 0. The molecule has 1 heterocycles. The van der Waals surface area contributed by atoms with Crippen LogP contribution in [0.5, 0.6) is 0 Å². The van der Waals surface area contributed by atoms with E-state index in [0.717, 1.165) is 12.8 Å². The lowest BCUT2D eigenvalue weighted by Gasteiger charge is -2.34. The van der Waals surface area contributed by atoms with Crippen molar-refractivity contribution in [3.8, 4) is 0 Å². The van der Waals surface area contributed by atoms with E-state index in [2.05, 4.69) is 6.58 Å². The molecule has 1 atom stereocenters. The molecule has 2 fully saturated rings. The van der Waals surface area contributed by atoms with Crippen molar-refractivity contribution < 1.29 is 14.3 Å².